The lowest BCUT2D eigenvalue weighted by molar-refractivity contribution is 0.0951. The Bertz CT molecular complexity index is 1550. The smallest absolute Gasteiger partial charge is 0.281 e. The number of hydrogen-bond acceptors (Lipinski definition) is 5. The van der Waals surface area contributed by atoms with Gasteiger partial charge < -0.3 is 5.32 Å². The van der Waals surface area contributed by atoms with E-state index in [-0.39, 0.29) is 11.5 Å². The number of H-pyrrole nitrogens is 1. The van der Waals surface area contributed by atoms with E-state index in [2.05, 4.69) is 20.6 Å². The first-order valence-electron chi connectivity index (χ1n) is 10.4. The van der Waals surface area contributed by atoms with Crippen LogP contribution in [-0.2, 0) is 6.54 Å². The zero-order valence-electron chi connectivity index (χ0n) is 18.1. The minimum atomic E-state index is -0.360. The molecule has 5 rings (SSSR count). The second-order valence-corrected chi connectivity index (χ2v) is 8.65. The van der Waals surface area contributed by atoms with Gasteiger partial charge in [0.1, 0.15) is 5.69 Å². The molecule has 0 saturated heterocycles. The number of aryl methyl sites for hydroxylation is 1. The van der Waals surface area contributed by atoms with Crippen LogP contribution in [0.5, 0.6) is 0 Å². The van der Waals surface area contributed by atoms with Gasteiger partial charge in [-0.3, -0.25) is 9.59 Å². The van der Waals surface area contributed by atoms with Crippen LogP contribution in [0.4, 0.5) is 0 Å². The molecule has 0 atom stereocenters. The maximum atomic E-state index is 12.8. The van der Waals surface area contributed by atoms with Crippen molar-refractivity contribution in [3.05, 3.63) is 93.8 Å². The second kappa shape index (κ2) is 8.55. The molecule has 0 aliphatic rings. The maximum Gasteiger partial charge on any atom is 0.281 e. The molecule has 0 aliphatic heterocycles. The minimum Gasteiger partial charge on any atom is -0.348 e. The first-order valence-corrected chi connectivity index (χ1v) is 11.6. The Labute approximate surface area is 193 Å². The van der Waals surface area contributed by atoms with E-state index in [1.165, 1.54) is 4.90 Å². The fourth-order valence-electron chi connectivity index (χ4n) is 3.78. The van der Waals surface area contributed by atoms with Crippen LogP contribution >= 0.6 is 11.8 Å². The van der Waals surface area contributed by atoms with Gasteiger partial charge in [0.25, 0.3) is 11.5 Å². The SMILES string of the molecule is CSc1ccc(CNC(=O)c2ccc3c(=O)nc4c(-c5cccc(C)c5)n[nH]n4c3c2)cc1. The molecule has 7 nitrogen and oxygen atoms in total. The third-order valence-electron chi connectivity index (χ3n) is 5.53. The summed E-state index contributed by atoms with van der Waals surface area (Å²) in [5.74, 6) is -0.220. The Morgan fingerprint density at radius 2 is 1.91 bits per heavy atom. The molecule has 2 heterocycles. The van der Waals surface area contributed by atoms with Crippen molar-refractivity contribution in [2.45, 2.75) is 18.4 Å². The number of aromatic amines is 1. The molecule has 0 aliphatic carbocycles. The van der Waals surface area contributed by atoms with Gasteiger partial charge >= 0.3 is 0 Å². The molecule has 0 spiro atoms. The van der Waals surface area contributed by atoms with E-state index >= 15 is 0 Å². The van der Waals surface area contributed by atoms with Gasteiger partial charge in [0.15, 0.2) is 5.65 Å². The summed E-state index contributed by atoms with van der Waals surface area (Å²) >= 11 is 1.67. The number of carbonyl (C=O) groups excluding carboxylic acids is 1. The lowest BCUT2D eigenvalue weighted by Gasteiger charge is -2.08. The highest BCUT2D eigenvalue weighted by Gasteiger charge is 2.16. The van der Waals surface area contributed by atoms with Crippen LogP contribution < -0.4 is 10.9 Å². The molecule has 8 heteroatoms. The molecule has 5 aromatic rings. The lowest BCUT2D eigenvalue weighted by Crippen LogP contribution is -2.23. The molecule has 2 aromatic heterocycles. The van der Waals surface area contributed by atoms with Gasteiger partial charge in [0.2, 0.25) is 0 Å². The van der Waals surface area contributed by atoms with Crippen molar-refractivity contribution in [2.75, 3.05) is 6.26 Å². The molecule has 0 bridgehead atoms. The summed E-state index contributed by atoms with van der Waals surface area (Å²) in [6, 6.07) is 20.9. The molecule has 3 aromatic carbocycles. The monoisotopic (exact) mass is 455 g/mol. The van der Waals surface area contributed by atoms with Crippen LogP contribution in [0.25, 0.3) is 27.8 Å². The van der Waals surface area contributed by atoms with Gasteiger partial charge in [-0.15, -0.1) is 11.8 Å². The quantitative estimate of drug-likeness (QED) is 0.388. The van der Waals surface area contributed by atoms with Gasteiger partial charge in [-0.2, -0.15) is 10.1 Å². The molecule has 164 valence electrons. The number of hydrogen-bond donors (Lipinski definition) is 2. The number of nitrogens with one attached hydrogen (secondary N) is 2. The van der Waals surface area contributed by atoms with Crippen molar-refractivity contribution in [3.63, 3.8) is 0 Å². The zero-order valence-corrected chi connectivity index (χ0v) is 18.9. The summed E-state index contributed by atoms with van der Waals surface area (Å²) in [6.45, 7) is 2.41. The van der Waals surface area contributed by atoms with Crippen LogP contribution in [0.15, 0.2) is 76.4 Å². The normalized spacial score (nSPS) is 11.2. The Hall–Kier alpha value is -3.91. The lowest BCUT2D eigenvalue weighted by atomic mass is 10.1. The number of nitrogens with zero attached hydrogens (tertiary/aromatic N) is 3. The Balaban J connectivity index is 1.50. The topological polar surface area (TPSA) is 92.2 Å². The predicted molar refractivity (Wildman–Crippen MR) is 131 cm³/mol. The summed E-state index contributed by atoms with van der Waals surface area (Å²) in [5.41, 5.74) is 4.61. The molecule has 0 fully saturated rings. The summed E-state index contributed by atoms with van der Waals surface area (Å²) in [5, 5.41) is 10.7. The summed E-state index contributed by atoms with van der Waals surface area (Å²) < 4.78 is 1.65. The van der Waals surface area contributed by atoms with Crippen molar-refractivity contribution in [3.8, 4) is 11.3 Å². The molecular formula is C25H21N5O2S. The maximum absolute atomic E-state index is 12.8. The number of carbonyl (C=O) groups is 1. The van der Waals surface area contributed by atoms with Crippen molar-refractivity contribution >= 4 is 34.2 Å². The molecule has 2 N–H and O–H groups in total. The van der Waals surface area contributed by atoms with E-state index < -0.39 is 0 Å². The number of aromatic nitrogens is 4. The average Bonchev–Trinajstić information content (AvgIpc) is 3.26. The fraction of sp³-hybridized carbons (Fsp3) is 0.120. The highest BCUT2D eigenvalue weighted by Crippen LogP contribution is 2.23. The van der Waals surface area contributed by atoms with Crippen molar-refractivity contribution in [1.82, 2.24) is 25.1 Å². The number of thioether (sulfide) groups is 1. The molecular weight excluding hydrogens is 434 g/mol. The standard InChI is InChI=1S/C25H21N5O2S/c1-15-4-3-5-17(12-15)22-23-27-25(32)20-11-8-18(13-21(20)30(23)29-28-22)24(31)26-14-16-6-9-19(33-2)10-7-16/h3-13,29H,14H2,1-2H3,(H,26,31). The minimum absolute atomic E-state index is 0.220. The predicted octanol–water partition coefficient (Wildman–Crippen LogP) is 4.20. The number of fused-ring (bicyclic) bond motifs is 3. The number of amides is 1. The summed E-state index contributed by atoms with van der Waals surface area (Å²) in [7, 11) is 0. The highest BCUT2D eigenvalue weighted by atomic mass is 32.2. The van der Waals surface area contributed by atoms with Gasteiger partial charge in [-0.25, -0.2) is 9.73 Å². The molecule has 0 unspecified atom stereocenters. The van der Waals surface area contributed by atoms with E-state index in [4.69, 9.17) is 0 Å². The third kappa shape index (κ3) is 4.01. The number of rotatable bonds is 5. The first kappa shape index (κ1) is 21.0. The van der Waals surface area contributed by atoms with E-state index in [0.29, 0.717) is 34.4 Å². The number of benzene rings is 3. The van der Waals surface area contributed by atoms with Crippen LogP contribution in [-0.4, -0.2) is 32.0 Å². The molecule has 1 amide bonds. The van der Waals surface area contributed by atoms with Crippen LogP contribution in [0.3, 0.4) is 0 Å². The van der Waals surface area contributed by atoms with Crippen molar-refractivity contribution in [2.24, 2.45) is 0 Å². The fourth-order valence-corrected chi connectivity index (χ4v) is 4.19. The van der Waals surface area contributed by atoms with Crippen LogP contribution in [0.1, 0.15) is 21.5 Å². The van der Waals surface area contributed by atoms with E-state index in [1.807, 2.05) is 61.7 Å². The van der Waals surface area contributed by atoms with E-state index in [1.54, 1.807) is 34.5 Å². The average molecular weight is 456 g/mol. The highest BCUT2D eigenvalue weighted by molar-refractivity contribution is 7.98. The van der Waals surface area contributed by atoms with Crippen molar-refractivity contribution in [1.29, 1.82) is 0 Å². The Morgan fingerprint density at radius 1 is 1.09 bits per heavy atom. The van der Waals surface area contributed by atoms with Gasteiger partial charge in [0.05, 0.1) is 10.9 Å². The van der Waals surface area contributed by atoms with Gasteiger partial charge in [-0.1, -0.05) is 35.9 Å². The Morgan fingerprint density at radius 3 is 2.67 bits per heavy atom. The molecule has 0 saturated carbocycles. The summed E-state index contributed by atoms with van der Waals surface area (Å²) in [6.07, 6.45) is 2.03. The van der Waals surface area contributed by atoms with Gasteiger partial charge in [0, 0.05) is 22.6 Å². The summed E-state index contributed by atoms with van der Waals surface area (Å²) in [4.78, 5) is 31.0. The van der Waals surface area contributed by atoms with Gasteiger partial charge in [-0.05, 0) is 55.1 Å². The third-order valence-corrected chi connectivity index (χ3v) is 6.27. The largest absolute Gasteiger partial charge is 0.348 e. The molecule has 0 radical (unpaired) electrons. The zero-order chi connectivity index (χ0) is 22.9. The first-order chi connectivity index (χ1) is 16.0. The van der Waals surface area contributed by atoms with Crippen LogP contribution in [0, 0.1) is 6.92 Å². The van der Waals surface area contributed by atoms with Crippen molar-refractivity contribution < 1.29 is 4.79 Å². The molecule has 33 heavy (non-hydrogen) atoms. The second-order valence-electron chi connectivity index (χ2n) is 7.77. The van der Waals surface area contributed by atoms with E-state index in [9.17, 15) is 9.59 Å². The van der Waals surface area contributed by atoms with Crippen LogP contribution in [0.2, 0.25) is 0 Å². The van der Waals surface area contributed by atoms with E-state index in [0.717, 1.165) is 16.7 Å². The Kier molecular flexibility index (Phi) is 5.43.